The number of carboxylic acids is 1. The molecule has 2 atom stereocenters. The molecule has 0 aliphatic heterocycles. The average Bonchev–Trinajstić information content (AvgIpc) is 3.08. The summed E-state index contributed by atoms with van der Waals surface area (Å²) in [6.45, 7) is 3.67. The van der Waals surface area contributed by atoms with Gasteiger partial charge in [-0.25, -0.2) is 4.79 Å². The number of H-pyrrole nitrogens is 1. The van der Waals surface area contributed by atoms with Crippen molar-refractivity contribution in [2.24, 2.45) is 5.92 Å². The van der Waals surface area contributed by atoms with Gasteiger partial charge in [0.2, 0.25) is 0 Å². The predicted molar refractivity (Wildman–Crippen MR) is 88.9 cm³/mol. The lowest BCUT2D eigenvalue weighted by Gasteiger charge is -2.19. The van der Waals surface area contributed by atoms with E-state index in [9.17, 15) is 14.7 Å². The number of carbonyl (C=O) groups is 2. The number of nitrogens with zero attached hydrogens (tertiary/aromatic N) is 1. The number of rotatable bonds is 7. The van der Waals surface area contributed by atoms with Crippen LogP contribution in [-0.4, -0.2) is 40.3 Å². The molecule has 0 aliphatic carbocycles. The van der Waals surface area contributed by atoms with E-state index in [1.54, 1.807) is 32.2 Å². The summed E-state index contributed by atoms with van der Waals surface area (Å²) < 4.78 is 5.10. The summed E-state index contributed by atoms with van der Waals surface area (Å²) in [4.78, 5) is 23.6. The number of carbonyl (C=O) groups excluding carboxylic acids is 1. The van der Waals surface area contributed by atoms with Crippen molar-refractivity contribution in [2.75, 3.05) is 7.11 Å². The number of ether oxygens (including phenoxy) is 1. The molecule has 2 aromatic rings. The Morgan fingerprint density at radius 2 is 2.00 bits per heavy atom. The Morgan fingerprint density at radius 3 is 2.54 bits per heavy atom. The molecule has 1 amide bonds. The Morgan fingerprint density at radius 1 is 1.33 bits per heavy atom. The highest BCUT2D eigenvalue weighted by Gasteiger charge is 2.26. The number of aliphatic carboxylic acids is 1. The first kappa shape index (κ1) is 17.5. The first-order valence-corrected chi connectivity index (χ1v) is 7.69. The minimum Gasteiger partial charge on any atom is -0.497 e. The molecule has 1 heterocycles. The second kappa shape index (κ2) is 7.63. The molecule has 0 saturated carbocycles. The van der Waals surface area contributed by atoms with Gasteiger partial charge in [-0.15, -0.1) is 0 Å². The van der Waals surface area contributed by atoms with Gasteiger partial charge in [-0.05, 0) is 36.2 Å². The molecule has 0 bridgehead atoms. The number of hydrogen-bond acceptors (Lipinski definition) is 4. The van der Waals surface area contributed by atoms with Crippen molar-refractivity contribution in [3.63, 3.8) is 0 Å². The van der Waals surface area contributed by atoms with E-state index in [2.05, 4.69) is 15.5 Å². The zero-order valence-corrected chi connectivity index (χ0v) is 13.9. The molecule has 1 aromatic heterocycles. The highest BCUT2D eigenvalue weighted by Crippen LogP contribution is 2.21. The molecule has 2 rings (SSSR count). The minimum absolute atomic E-state index is 0.171. The van der Waals surface area contributed by atoms with Crippen LogP contribution in [0.25, 0.3) is 11.3 Å². The van der Waals surface area contributed by atoms with Gasteiger partial charge in [-0.1, -0.05) is 20.3 Å². The molecular weight excluding hydrogens is 310 g/mol. The van der Waals surface area contributed by atoms with Crippen LogP contribution in [0.1, 0.15) is 30.8 Å². The van der Waals surface area contributed by atoms with E-state index in [4.69, 9.17) is 4.74 Å². The number of nitrogens with one attached hydrogen (secondary N) is 2. The molecule has 1 aromatic carbocycles. The van der Waals surface area contributed by atoms with E-state index in [-0.39, 0.29) is 11.6 Å². The highest BCUT2D eigenvalue weighted by atomic mass is 16.5. The summed E-state index contributed by atoms with van der Waals surface area (Å²) in [5.41, 5.74) is 1.64. The maximum atomic E-state index is 12.3. The first-order valence-electron chi connectivity index (χ1n) is 7.69. The third kappa shape index (κ3) is 3.92. The number of aromatic nitrogens is 2. The molecular formula is C17H21N3O4. The monoisotopic (exact) mass is 331 g/mol. The molecule has 0 saturated heterocycles. The number of benzene rings is 1. The van der Waals surface area contributed by atoms with Crippen molar-refractivity contribution in [1.82, 2.24) is 15.5 Å². The van der Waals surface area contributed by atoms with Gasteiger partial charge < -0.3 is 15.2 Å². The molecule has 0 spiro atoms. The van der Waals surface area contributed by atoms with Crippen LogP contribution in [0.15, 0.2) is 30.3 Å². The predicted octanol–water partition coefficient (Wildman–Crippen LogP) is 2.31. The topological polar surface area (TPSA) is 104 Å². The van der Waals surface area contributed by atoms with E-state index in [0.717, 1.165) is 11.3 Å². The molecule has 0 aliphatic rings. The Kier molecular flexibility index (Phi) is 5.57. The van der Waals surface area contributed by atoms with Crippen LogP contribution >= 0.6 is 0 Å². The number of amides is 1. The van der Waals surface area contributed by atoms with Crippen LogP contribution in [0.5, 0.6) is 5.75 Å². The van der Waals surface area contributed by atoms with Crippen molar-refractivity contribution in [1.29, 1.82) is 0 Å². The largest absolute Gasteiger partial charge is 0.497 e. The Hall–Kier alpha value is -2.83. The quantitative estimate of drug-likeness (QED) is 0.722. The van der Waals surface area contributed by atoms with E-state index >= 15 is 0 Å². The SMILES string of the molecule is CCC(C)C(NC(=O)c1cc(-c2ccc(OC)cc2)n[nH]1)C(=O)O. The van der Waals surface area contributed by atoms with Crippen molar-refractivity contribution < 1.29 is 19.4 Å². The standard InChI is InChI=1S/C17H21N3O4/c1-4-10(2)15(17(22)23)18-16(21)14-9-13(19-20-14)11-5-7-12(24-3)8-6-11/h5-10,15H,4H2,1-3H3,(H,18,21)(H,19,20)(H,22,23). The fourth-order valence-electron chi connectivity index (χ4n) is 2.25. The Balaban J connectivity index is 2.13. The summed E-state index contributed by atoms with van der Waals surface area (Å²) in [5.74, 6) is -0.983. The summed E-state index contributed by atoms with van der Waals surface area (Å²) in [6, 6.07) is 7.91. The molecule has 2 unspecified atom stereocenters. The van der Waals surface area contributed by atoms with Crippen LogP contribution in [-0.2, 0) is 4.79 Å². The van der Waals surface area contributed by atoms with E-state index in [1.165, 1.54) is 0 Å². The van der Waals surface area contributed by atoms with Crippen LogP contribution < -0.4 is 10.1 Å². The smallest absolute Gasteiger partial charge is 0.326 e. The molecule has 0 radical (unpaired) electrons. The van der Waals surface area contributed by atoms with Gasteiger partial charge in [0.25, 0.3) is 5.91 Å². The zero-order valence-electron chi connectivity index (χ0n) is 13.9. The fourth-order valence-corrected chi connectivity index (χ4v) is 2.25. The van der Waals surface area contributed by atoms with Crippen molar-refractivity contribution in [3.05, 3.63) is 36.0 Å². The van der Waals surface area contributed by atoms with Gasteiger partial charge in [0, 0.05) is 5.56 Å². The van der Waals surface area contributed by atoms with Gasteiger partial charge in [-0.3, -0.25) is 9.89 Å². The van der Waals surface area contributed by atoms with Crippen LogP contribution in [0.3, 0.4) is 0 Å². The summed E-state index contributed by atoms with van der Waals surface area (Å²) in [5, 5.41) is 18.5. The molecule has 7 nitrogen and oxygen atoms in total. The lowest BCUT2D eigenvalue weighted by Crippen LogP contribution is -2.45. The lowest BCUT2D eigenvalue weighted by atomic mass is 9.99. The average molecular weight is 331 g/mol. The summed E-state index contributed by atoms with van der Waals surface area (Å²) in [7, 11) is 1.59. The zero-order chi connectivity index (χ0) is 17.7. The fraction of sp³-hybridized carbons (Fsp3) is 0.353. The van der Waals surface area contributed by atoms with Gasteiger partial charge in [-0.2, -0.15) is 5.10 Å². The third-order valence-electron chi connectivity index (χ3n) is 3.97. The normalized spacial score (nSPS) is 13.1. The molecule has 7 heteroatoms. The Bertz CT molecular complexity index is 709. The Labute approximate surface area is 140 Å². The van der Waals surface area contributed by atoms with Gasteiger partial charge in [0.05, 0.1) is 12.8 Å². The first-order chi connectivity index (χ1) is 11.5. The third-order valence-corrected chi connectivity index (χ3v) is 3.97. The molecule has 128 valence electrons. The van der Waals surface area contributed by atoms with Crippen LogP contribution in [0, 0.1) is 5.92 Å². The highest BCUT2D eigenvalue weighted by molar-refractivity contribution is 5.95. The maximum absolute atomic E-state index is 12.3. The number of hydrogen-bond donors (Lipinski definition) is 3. The summed E-state index contributed by atoms with van der Waals surface area (Å²) >= 11 is 0. The van der Waals surface area contributed by atoms with Gasteiger partial charge >= 0.3 is 5.97 Å². The van der Waals surface area contributed by atoms with Crippen LogP contribution in [0.2, 0.25) is 0 Å². The van der Waals surface area contributed by atoms with E-state index in [1.807, 2.05) is 19.1 Å². The number of methoxy groups -OCH3 is 1. The lowest BCUT2D eigenvalue weighted by molar-refractivity contribution is -0.140. The maximum Gasteiger partial charge on any atom is 0.326 e. The van der Waals surface area contributed by atoms with Gasteiger partial charge in [0.1, 0.15) is 17.5 Å². The molecule has 0 fully saturated rings. The minimum atomic E-state index is -1.05. The summed E-state index contributed by atoms with van der Waals surface area (Å²) in [6.07, 6.45) is 0.650. The van der Waals surface area contributed by atoms with E-state index in [0.29, 0.717) is 12.1 Å². The molecule has 24 heavy (non-hydrogen) atoms. The van der Waals surface area contributed by atoms with Crippen LogP contribution in [0.4, 0.5) is 0 Å². The van der Waals surface area contributed by atoms with Gasteiger partial charge in [0.15, 0.2) is 0 Å². The molecule has 3 N–H and O–H groups in total. The van der Waals surface area contributed by atoms with Crippen molar-refractivity contribution in [2.45, 2.75) is 26.3 Å². The number of carboxylic acid groups (broad SMARTS) is 1. The van der Waals surface area contributed by atoms with E-state index < -0.39 is 17.9 Å². The number of aromatic amines is 1. The van der Waals surface area contributed by atoms with Crippen molar-refractivity contribution >= 4 is 11.9 Å². The second-order valence-electron chi connectivity index (χ2n) is 5.57. The van der Waals surface area contributed by atoms with Crippen molar-refractivity contribution in [3.8, 4) is 17.0 Å². The second-order valence-corrected chi connectivity index (χ2v) is 5.57.